The van der Waals surface area contributed by atoms with Crippen molar-refractivity contribution in [3.05, 3.63) is 34.7 Å². The van der Waals surface area contributed by atoms with Crippen LogP contribution < -0.4 is 5.32 Å². The molecule has 0 aliphatic carbocycles. The second-order valence-electron chi connectivity index (χ2n) is 3.15. The number of nitrogens with zero attached hydrogens (tertiary/aromatic N) is 1. The van der Waals surface area contributed by atoms with Crippen LogP contribution in [0.1, 0.15) is 16.1 Å². The molecule has 0 spiro atoms. The van der Waals surface area contributed by atoms with E-state index in [4.69, 9.17) is 4.42 Å². The minimum atomic E-state index is 0.767. The van der Waals surface area contributed by atoms with Gasteiger partial charge in [0.15, 0.2) is 5.13 Å². The van der Waals surface area contributed by atoms with Crippen molar-refractivity contribution in [2.45, 2.75) is 20.4 Å². The molecule has 1 N–H and O–H groups in total. The molecular formula is C10H12N2OS. The number of hydrogen-bond donors (Lipinski definition) is 1. The van der Waals surface area contributed by atoms with Crippen molar-refractivity contribution in [2.75, 3.05) is 5.32 Å². The van der Waals surface area contributed by atoms with Crippen molar-refractivity contribution in [1.82, 2.24) is 4.98 Å². The summed E-state index contributed by atoms with van der Waals surface area (Å²) in [6.45, 7) is 4.87. The van der Waals surface area contributed by atoms with E-state index in [1.54, 1.807) is 23.9 Å². The summed E-state index contributed by atoms with van der Waals surface area (Å²) in [5.41, 5.74) is 2.24. The second-order valence-corrected chi connectivity index (χ2v) is 4.35. The summed E-state index contributed by atoms with van der Waals surface area (Å²) in [7, 11) is 0. The van der Waals surface area contributed by atoms with E-state index in [1.165, 1.54) is 4.88 Å². The summed E-state index contributed by atoms with van der Waals surface area (Å²) in [5, 5.41) is 4.23. The van der Waals surface area contributed by atoms with Crippen molar-refractivity contribution in [3.8, 4) is 0 Å². The number of hydrogen-bond acceptors (Lipinski definition) is 4. The minimum absolute atomic E-state index is 0.767. The predicted octanol–water partition coefficient (Wildman–Crippen LogP) is 2.97. The van der Waals surface area contributed by atoms with E-state index in [1.807, 2.05) is 13.0 Å². The van der Waals surface area contributed by atoms with Gasteiger partial charge in [-0.1, -0.05) is 0 Å². The highest BCUT2D eigenvalue weighted by atomic mass is 32.1. The van der Waals surface area contributed by atoms with Gasteiger partial charge in [0.2, 0.25) is 0 Å². The molecular weight excluding hydrogens is 196 g/mol. The maximum atomic E-state index is 4.97. The van der Waals surface area contributed by atoms with Gasteiger partial charge in [-0.05, 0) is 19.9 Å². The highest BCUT2D eigenvalue weighted by Gasteiger charge is 2.02. The lowest BCUT2D eigenvalue weighted by molar-refractivity contribution is 0.564. The van der Waals surface area contributed by atoms with Crippen LogP contribution >= 0.6 is 11.3 Å². The highest BCUT2D eigenvalue weighted by molar-refractivity contribution is 7.15. The van der Waals surface area contributed by atoms with E-state index in [2.05, 4.69) is 17.2 Å². The molecule has 2 rings (SSSR count). The topological polar surface area (TPSA) is 38.1 Å². The van der Waals surface area contributed by atoms with Crippen molar-refractivity contribution < 1.29 is 4.42 Å². The Balaban J connectivity index is 1.98. The van der Waals surface area contributed by atoms with Crippen molar-refractivity contribution in [2.24, 2.45) is 0 Å². The van der Waals surface area contributed by atoms with Crippen LogP contribution in [0.3, 0.4) is 0 Å². The van der Waals surface area contributed by atoms with Crippen LogP contribution in [-0.2, 0) is 6.54 Å². The van der Waals surface area contributed by atoms with Crippen molar-refractivity contribution in [1.29, 1.82) is 0 Å². The van der Waals surface area contributed by atoms with Crippen LogP contribution in [0.2, 0.25) is 0 Å². The summed E-state index contributed by atoms with van der Waals surface area (Å²) in [5.74, 6) is 0. The molecule has 0 atom stereocenters. The van der Waals surface area contributed by atoms with E-state index in [0.29, 0.717) is 0 Å². The summed E-state index contributed by atoms with van der Waals surface area (Å²) < 4.78 is 4.97. The molecule has 0 amide bonds. The maximum Gasteiger partial charge on any atom is 0.183 e. The molecule has 4 heteroatoms. The number of aryl methyl sites for hydroxylation is 2. The third kappa shape index (κ3) is 1.96. The molecule has 3 nitrogen and oxygen atoms in total. The monoisotopic (exact) mass is 208 g/mol. The number of rotatable bonds is 3. The third-order valence-corrected chi connectivity index (χ3v) is 3.08. The summed E-state index contributed by atoms with van der Waals surface area (Å²) in [6.07, 6.45) is 3.41. The smallest absolute Gasteiger partial charge is 0.183 e. The molecule has 0 bridgehead atoms. The molecule has 14 heavy (non-hydrogen) atoms. The van der Waals surface area contributed by atoms with E-state index in [9.17, 15) is 0 Å². The number of nitrogens with one attached hydrogen (secondary N) is 1. The normalized spacial score (nSPS) is 10.4. The third-order valence-electron chi connectivity index (χ3n) is 2.05. The molecule has 0 unspecified atom stereocenters. The molecule has 0 aliphatic heterocycles. The number of furan rings is 1. The maximum absolute atomic E-state index is 4.97. The zero-order chi connectivity index (χ0) is 9.97. The van der Waals surface area contributed by atoms with Crippen LogP contribution in [0.25, 0.3) is 0 Å². The average Bonchev–Trinajstić information content (AvgIpc) is 2.74. The first-order valence-electron chi connectivity index (χ1n) is 4.44. The Labute approximate surface area is 86.8 Å². The molecule has 2 aromatic rings. The zero-order valence-corrected chi connectivity index (χ0v) is 9.02. The van der Waals surface area contributed by atoms with Gasteiger partial charge in [-0.2, -0.15) is 0 Å². The quantitative estimate of drug-likeness (QED) is 0.842. The van der Waals surface area contributed by atoms with Gasteiger partial charge >= 0.3 is 0 Å². The van der Waals surface area contributed by atoms with Gasteiger partial charge in [-0.15, -0.1) is 11.3 Å². The fourth-order valence-electron chi connectivity index (χ4n) is 1.12. The average molecular weight is 208 g/mol. The Bertz CT molecular complexity index is 386. The zero-order valence-electron chi connectivity index (χ0n) is 8.20. The Kier molecular flexibility index (Phi) is 2.54. The molecule has 0 saturated carbocycles. The molecule has 74 valence electrons. The van der Waals surface area contributed by atoms with Crippen LogP contribution in [0, 0.1) is 13.8 Å². The fraction of sp³-hybridized carbons (Fsp3) is 0.300. The van der Waals surface area contributed by atoms with Crippen LogP contribution in [0.5, 0.6) is 0 Å². The molecule has 0 radical (unpaired) electrons. The van der Waals surface area contributed by atoms with Gasteiger partial charge in [-0.3, -0.25) is 0 Å². The minimum Gasteiger partial charge on any atom is -0.472 e. The van der Waals surface area contributed by atoms with E-state index < -0.39 is 0 Å². The van der Waals surface area contributed by atoms with Crippen molar-refractivity contribution in [3.63, 3.8) is 0 Å². The van der Waals surface area contributed by atoms with Crippen LogP contribution in [0.4, 0.5) is 5.13 Å². The largest absolute Gasteiger partial charge is 0.472 e. The Morgan fingerprint density at radius 1 is 1.50 bits per heavy atom. The lowest BCUT2D eigenvalue weighted by atomic mass is 10.3. The molecule has 2 aromatic heterocycles. The van der Waals surface area contributed by atoms with Crippen LogP contribution in [0.15, 0.2) is 23.0 Å². The summed E-state index contributed by atoms with van der Waals surface area (Å²) >= 11 is 1.68. The molecule has 2 heterocycles. The van der Waals surface area contributed by atoms with Gasteiger partial charge in [0, 0.05) is 17.0 Å². The summed E-state index contributed by atoms with van der Waals surface area (Å²) in [6, 6.07) is 1.94. The van der Waals surface area contributed by atoms with Gasteiger partial charge in [-0.25, -0.2) is 4.98 Å². The van der Waals surface area contributed by atoms with Gasteiger partial charge < -0.3 is 9.73 Å². The van der Waals surface area contributed by atoms with Crippen molar-refractivity contribution >= 4 is 16.5 Å². The fourth-order valence-corrected chi connectivity index (χ4v) is 1.93. The molecule has 0 saturated heterocycles. The number of aromatic nitrogens is 1. The number of anilines is 1. The van der Waals surface area contributed by atoms with E-state index in [0.717, 1.165) is 22.9 Å². The predicted molar refractivity (Wildman–Crippen MR) is 57.6 cm³/mol. The standard InChI is InChI=1S/C10H12N2OS/c1-7-8(2)14-10(12-7)11-5-9-3-4-13-6-9/h3-4,6H,5H2,1-2H3,(H,11,12). The van der Waals surface area contributed by atoms with Gasteiger partial charge in [0.1, 0.15) is 0 Å². The Morgan fingerprint density at radius 3 is 2.93 bits per heavy atom. The lowest BCUT2D eigenvalue weighted by Crippen LogP contribution is -1.97. The lowest BCUT2D eigenvalue weighted by Gasteiger charge is -1.97. The van der Waals surface area contributed by atoms with E-state index >= 15 is 0 Å². The molecule has 0 fully saturated rings. The SMILES string of the molecule is Cc1nc(NCc2ccoc2)sc1C. The molecule has 0 aromatic carbocycles. The highest BCUT2D eigenvalue weighted by Crippen LogP contribution is 2.21. The van der Waals surface area contributed by atoms with Crippen LogP contribution in [-0.4, -0.2) is 4.98 Å². The van der Waals surface area contributed by atoms with E-state index in [-0.39, 0.29) is 0 Å². The van der Waals surface area contributed by atoms with Gasteiger partial charge in [0.05, 0.1) is 18.2 Å². The van der Waals surface area contributed by atoms with Gasteiger partial charge in [0.25, 0.3) is 0 Å². The summed E-state index contributed by atoms with van der Waals surface area (Å²) in [4.78, 5) is 5.65. The Hall–Kier alpha value is -1.29. The first-order chi connectivity index (χ1) is 6.75. The molecule has 0 aliphatic rings. The first kappa shape index (κ1) is 9.27. The Morgan fingerprint density at radius 2 is 2.36 bits per heavy atom. The first-order valence-corrected chi connectivity index (χ1v) is 5.26. The number of thiazole rings is 1. The second kappa shape index (κ2) is 3.84.